The van der Waals surface area contributed by atoms with E-state index in [0.717, 1.165) is 22.4 Å². The number of anilines is 1. The van der Waals surface area contributed by atoms with E-state index in [-0.39, 0.29) is 5.91 Å². The summed E-state index contributed by atoms with van der Waals surface area (Å²) in [7, 11) is 0. The highest BCUT2D eigenvalue weighted by Gasteiger charge is 2.17. The zero-order valence-electron chi connectivity index (χ0n) is 13.6. The van der Waals surface area contributed by atoms with Crippen LogP contribution in [-0.2, 0) is 6.54 Å². The number of hydrogen-bond acceptors (Lipinski definition) is 2. The van der Waals surface area contributed by atoms with Crippen LogP contribution >= 0.6 is 0 Å². The lowest BCUT2D eigenvalue weighted by molar-refractivity contribution is 0.101. The number of hydrogen-bond donors (Lipinski definition) is 1. The van der Waals surface area contributed by atoms with Gasteiger partial charge in [-0.15, -0.1) is 0 Å². The quantitative estimate of drug-likeness (QED) is 0.711. The first-order valence-electron chi connectivity index (χ1n) is 7.66. The lowest BCUT2D eigenvalue weighted by Gasteiger charge is -2.10. The summed E-state index contributed by atoms with van der Waals surface area (Å²) in [6.45, 7) is 6.68. The molecule has 0 unspecified atom stereocenters. The molecule has 3 rings (SSSR count). The first kappa shape index (κ1) is 15.2. The van der Waals surface area contributed by atoms with Gasteiger partial charge in [-0.25, -0.2) is 0 Å². The Hall–Kier alpha value is -2.75. The number of aromatic nitrogens is 1. The molecule has 1 amide bonds. The number of aryl methyl sites for hydroxylation is 2. The third kappa shape index (κ3) is 2.93. The van der Waals surface area contributed by atoms with Crippen molar-refractivity contribution in [1.29, 1.82) is 0 Å². The summed E-state index contributed by atoms with van der Waals surface area (Å²) in [5.41, 5.74) is 5.40. The standard InChI is InChI=1S/C19H20N2O2/c1-4-5-9-21-16-8-10-23-18(16)12-17(21)19(22)20-15-7-6-13(2)14(3)11-15/h4-8,10-12H,9H2,1-3H3,(H,20,22)/b5-4-. The predicted octanol–water partition coefficient (Wildman–Crippen LogP) is 4.68. The number of benzene rings is 1. The fourth-order valence-corrected chi connectivity index (χ4v) is 2.59. The fraction of sp³-hybridized carbons (Fsp3) is 0.211. The van der Waals surface area contributed by atoms with E-state index < -0.39 is 0 Å². The summed E-state index contributed by atoms with van der Waals surface area (Å²) in [5.74, 6) is -0.135. The van der Waals surface area contributed by atoms with E-state index in [1.807, 2.05) is 54.8 Å². The third-order valence-corrected chi connectivity index (χ3v) is 4.04. The lowest BCUT2D eigenvalue weighted by Crippen LogP contribution is -2.17. The minimum atomic E-state index is -0.135. The number of rotatable bonds is 4. The number of allylic oxidation sites excluding steroid dienone is 2. The van der Waals surface area contributed by atoms with Gasteiger partial charge in [-0.1, -0.05) is 18.2 Å². The maximum atomic E-state index is 12.7. The maximum Gasteiger partial charge on any atom is 0.272 e. The van der Waals surface area contributed by atoms with Gasteiger partial charge in [0.05, 0.1) is 11.8 Å². The molecule has 1 N–H and O–H groups in total. The molecule has 2 heterocycles. The Bertz CT molecular complexity index is 884. The van der Waals surface area contributed by atoms with Crippen LogP contribution < -0.4 is 5.32 Å². The summed E-state index contributed by atoms with van der Waals surface area (Å²) in [4.78, 5) is 12.7. The molecule has 4 nitrogen and oxygen atoms in total. The van der Waals surface area contributed by atoms with Gasteiger partial charge in [-0.05, 0) is 44.0 Å². The van der Waals surface area contributed by atoms with Crippen molar-refractivity contribution < 1.29 is 9.21 Å². The van der Waals surface area contributed by atoms with Crippen LogP contribution in [0.3, 0.4) is 0 Å². The number of nitrogens with one attached hydrogen (secondary N) is 1. The van der Waals surface area contributed by atoms with Crippen LogP contribution in [0.4, 0.5) is 5.69 Å². The van der Waals surface area contributed by atoms with E-state index >= 15 is 0 Å². The summed E-state index contributed by atoms with van der Waals surface area (Å²) in [6.07, 6.45) is 5.62. The minimum absolute atomic E-state index is 0.135. The average molecular weight is 308 g/mol. The van der Waals surface area contributed by atoms with Gasteiger partial charge in [0.25, 0.3) is 5.91 Å². The molecule has 1 aromatic carbocycles. The second-order valence-electron chi connectivity index (χ2n) is 5.63. The normalized spacial score (nSPS) is 11.4. The molecule has 0 aliphatic heterocycles. The molecule has 3 aromatic rings. The smallest absolute Gasteiger partial charge is 0.272 e. The van der Waals surface area contributed by atoms with Crippen molar-refractivity contribution in [3.63, 3.8) is 0 Å². The molecule has 4 heteroatoms. The molecule has 23 heavy (non-hydrogen) atoms. The van der Waals surface area contributed by atoms with Gasteiger partial charge >= 0.3 is 0 Å². The first-order chi connectivity index (χ1) is 11.1. The fourth-order valence-electron chi connectivity index (χ4n) is 2.59. The van der Waals surface area contributed by atoms with Crippen molar-refractivity contribution in [2.75, 3.05) is 5.32 Å². The number of amides is 1. The second kappa shape index (κ2) is 6.16. The van der Waals surface area contributed by atoms with Crippen LogP contribution in [0.2, 0.25) is 0 Å². The van der Waals surface area contributed by atoms with Gasteiger partial charge < -0.3 is 14.3 Å². The number of fused-ring (bicyclic) bond motifs is 1. The van der Waals surface area contributed by atoms with Crippen molar-refractivity contribution in [1.82, 2.24) is 4.57 Å². The molecule has 0 atom stereocenters. The van der Waals surface area contributed by atoms with E-state index in [0.29, 0.717) is 12.2 Å². The Labute approximate surface area is 135 Å². The molecule has 0 aliphatic rings. The topological polar surface area (TPSA) is 47.2 Å². The summed E-state index contributed by atoms with van der Waals surface area (Å²) in [6, 6.07) is 9.58. The van der Waals surface area contributed by atoms with Crippen molar-refractivity contribution in [2.45, 2.75) is 27.3 Å². The monoisotopic (exact) mass is 308 g/mol. The second-order valence-corrected chi connectivity index (χ2v) is 5.63. The highest BCUT2D eigenvalue weighted by atomic mass is 16.3. The molecule has 0 saturated heterocycles. The van der Waals surface area contributed by atoms with Crippen molar-refractivity contribution in [3.05, 3.63) is 65.6 Å². The van der Waals surface area contributed by atoms with E-state index in [1.54, 1.807) is 12.3 Å². The SMILES string of the molecule is C/C=C\Cn1c(C(=O)Nc2ccc(C)c(C)c2)cc2occc21. The highest BCUT2D eigenvalue weighted by Crippen LogP contribution is 2.23. The first-order valence-corrected chi connectivity index (χ1v) is 7.66. The van der Waals surface area contributed by atoms with E-state index in [4.69, 9.17) is 4.42 Å². The van der Waals surface area contributed by atoms with Crippen molar-refractivity contribution >= 4 is 22.7 Å². The number of carbonyl (C=O) groups excluding carboxylic acids is 1. The number of nitrogens with zero attached hydrogens (tertiary/aromatic N) is 1. The minimum Gasteiger partial charge on any atom is -0.463 e. The Morgan fingerprint density at radius 3 is 2.78 bits per heavy atom. The van der Waals surface area contributed by atoms with E-state index in [2.05, 4.69) is 12.2 Å². The van der Waals surface area contributed by atoms with Crippen molar-refractivity contribution in [3.8, 4) is 0 Å². The molecule has 118 valence electrons. The maximum absolute atomic E-state index is 12.7. The molecule has 0 spiro atoms. The summed E-state index contributed by atoms with van der Waals surface area (Å²) >= 11 is 0. The Balaban J connectivity index is 1.93. The molecular weight excluding hydrogens is 288 g/mol. The van der Waals surface area contributed by atoms with Gasteiger partial charge in [0, 0.05) is 24.4 Å². The zero-order valence-corrected chi connectivity index (χ0v) is 13.6. The van der Waals surface area contributed by atoms with Gasteiger partial charge in [0.1, 0.15) is 5.69 Å². The van der Waals surface area contributed by atoms with Crippen molar-refractivity contribution in [2.24, 2.45) is 0 Å². The van der Waals surface area contributed by atoms with Gasteiger partial charge in [0.15, 0.2) is 5.58 Å². The number of carbonyl (C=O) groups is 1. The Kier molecular flexibility index (Phi) is 4.06. The Morgan fingerprint density at radius 1 is 1.22 bits per heavy atom. The third-order valence-electron chi connectivity index (χ3n) is 4.04. The molecule has 0 radical (unpaired) electrons. The predicted molar refractivity (Wildman–Crippen MR) is 92.9 cm³/mol. The van der Waals surface area contributed by atoms with Crippen LogP contribution in [0.25, 0.3) is 11.1 Å². The molecule has 2 aromatic heterocycles. The Morgan fingerprint density at radius 2 is 2.04 bits per heavy atom. The molecular formula is C19H20N2O2. The van der Waals surface area contributed by atoms with Crippen LogP contribution in [0.1, 0.15) is 28.5 Å². The van der Waals surface area contributed by atoms with Gasteiger partial charge in [-0.3, -0.25) is 4.79 Å². The summed E-state index contributed by atoms with van der Waals surface area (Å²) < 4.78 is 7.38. The van der Waals surface area contributed by atoms with Crippen LogP contribution in [0, 0.1) is 13.8 Å². The summed E-state index contributed by atoms with van der Waals surface area (Å²) in [5, 5.41) is 2.97. The van der Waals surface area contributed by atoms with E-state index in [1.165, 1.54) is 5.56 Å². The molecule has 0 aliphatic carbocycles. The lowest BCUT2D eigenvalue weighted by atomic mass is 10.1. The average Bonchev–Trinajstić information content (AvgIpc) is 3.10. The largest absolute Gasteiger partial charge is 0.463 e. The van der Waals surface area contributed by atoms with Crippen LogP contribution in [0.5, 0.6) is 0 Å². The zero-order chi connectivity index (χ0) is 16.4. The van der Waals surface area contributed by atoms with Gasteiger partial charge in [-0.2, -0.15) is 0 Å². The highest BCUT2D eigenvalue weighted by molar-refractivity contribution is 6.05. The molecule has 0 saturated carbocycles. The van der Waals surface area contributed by atoms with E-state index in [9.17, 15) is 4.79 Å². The van der Waals surface area contributed by atoms with Crippen LogP contribution in [0.15, 0.2) is 53.2 Å². The molecule has 0 bridgehead atoms. The van der Waals surface area contributed by atoms with Gasteiger partial charge in [0.2, 0.25) is 0 Å². The number of furan rings is 1. The molecule has 0 fully saturated rings. The van der Waals surface area contributed by atoms with Crippen LogP contribution in [-0.4, -0.2) is 10.5 Å².